The van der Waals surface area contributed by atoms with Crippen LogP contribution in [0.3, 0.4) is 0 Å². The molecule has 0 spiro atoms. The highest BCUT2D eigenvalue weighted by atomic mass is 79.9. The Kier molecular flexibility index (Phi) is 6.35. The lowest BCUT2D eigenvalue weighted by Gasteiger charge is -2.19. The van der Waals surface area contributed by atoms with Crippen LogP contribution in [0, 0.1) is 0 Å². The molecule has 18 heavy (non-hydrogen) atoms. The highest BCUT2D eigenvalue weighted by Gasteiger charge is 2.12. The molecule has 1 atom stereocenters. The predicted molar refractivity (Wildman–Crippen MR) is 76.0 cm³/mol. The largest absolute Gasteiger partial charge is 0.383 e. The minimum absolute atomic E-state index is 0.147. The fourth-order valence-electron chi connectivity index (χ4n) is 1.68. The van der Waals surface area contributed by atoms with Crippen molar-refractivity contribution in [2.75, 3.05) is 19.0 Å². The third kappa shape index (κ3) is 4.10. The summed E-state index contributed by atoms with van der Waals surface area (Å²) in [5.74, 6) is 0. The van der Waals surface area contributed by atoms with Crippen LogP contribution in [0.15, 0.2) is 15.5 Å². The molecule has 1 aromatic rings. The number of ether oxygens (including phenoxy) is 1. The number of hydrogen-bond donors (Lipinski definition) is 1. The van der Waals surface area contributed by atoms with E-state index in [1.165, 1.54) is 4.68 Å². The molecule has 0 aromatic carbocycles. The highest BCUT2D eigenvalue weighted by molar-refractivity contribution is 9.10. The second-order valence-electron chi connectivity index (χ2n) is 4.24. The van der Waals surface area contributed by atoms with Gasteiger partial charge in [0, 0.05) is 20.2 Å². The number of unbranched alkanes of at least 4 members (excludes halogenated alkanes) is 1. The van der Waals surface area contributed by atoms with Crippen LogP contribution in [-0.4, -0.2) is 29.5 Å². The van der Waals surface area contributed by atoms with Crippen molar-refractivity contribution in [2.45, 2.75) is 32.2 Å². The summed E-state index contributed by atoms with van der Waals surface area (Å²) < 4.78 is 7.00. The Hall–Kier alpha value is -0.880. The first-order valence-corrected chi connectivity index (χ1v) is 6.86. The number of rotatable bonds is 7. The van der Waals surface area contributed by atoms with E-state index >= 15 is 0 Å². The summed E-state index contributed by atoms with van der Waals surface area (Å²) in [5, 5.41) is 7.31. The number of nitrogens with one attached hydrogen (secondary N) is 1. The summed E-state index contributed by atoms with van der Waals surface area (Å²) in [6, 6.07) is 0.195. The zero-order valence-corrected chi connectivity index (χ0v) is 12.7. The lowest BCUT2D eigenvalue weighted by molar-refractivity contribution is 0.182. The van der Waals surface area contributed by atoms with Gasteiger partial charge in [-0.3, -0.25) is 4.79 Å². The number of hydrogen-bond acceptors (Lipinski definition) is 4. The van der Waals surface area contributed by atoms with Crippen LogP contribution in [0.4, 0.5) is 5.69 Å². The van der Waals surface area contributed by atoms with E-state index in [1.54, 1.807) is 20.4 Å². The van der Waals surface area contributed by atoms with Crippen LogP contribution in [0.1, 0.15) is 26.2 Å². The van der Waals surface area contributed by atoms with Gasteiger partial charge in [-0.05, 0) is 22.4 Å². The molecule has 0 radical (unpaired) electrons. The van der Waals surface area contributed by atoms with E-state index in [0.29, 0.717) is 11.1 Å². The average Bonchev–Trinajstić information content (AvgIpc) is 2.36. The van der Waals surface area contributed by atoms with Gasteiger partial charge in [0.1, 0.15) is 4.47 Å². The lowest BCUT2D eigenvalue weighted by atomic mass is 10.1. The number of methoxy groups -OCH3 is 1. The number of aromatic nitrogens is 2. The minimum atomic E-state index is -0.147. The van der Waals surface area contributed by atoms with Gasteiger partial charge in [-0.2, -0.15) is 5.10 Å². The molecule has 0 aliphatic carbocycles. The second-order valence-corrected chi connectivity index (χ2v) is 5.03. The number of aryl methyl sites for hydroxylation is 1. The maximum atomic E-state index is 11.7. The topological polar surface area (TPSA) is 56.1 Å². The van der Waals surface area contributed by atoms with Crippen molar-refractivity contribution >= 4 is 21.6 Å². The quantitative estimate of drug-likeness (QED) is 0.837. The van der Waals surface area contributed by atoms with Crippen molar-refractivity contribution < 1.29 is 4.74 Å². The lowest BCUT2D eigenvalue weighted by Crippen LogP contribution is -2.28. The Bertz CT molecular complexity index is 434. The Morgan fingerprint density at radius 3 is 2.94 bits per heavy atom. The number of nitrogens with zero attached hydrogens (tertiary/aromatic N) is 2. The van der Waals surface area contributed by atoms with Crippen molar-refractivity contribution in [1.82, 2.24) is 9.78 Å². The van der Waals surface area contributed by atoms with Gasteiger partial charge in [-0.25, -0.2) is 4.68 Å². The van der Waals surface area contributed by atoms with Gasteiger partial charge >= 0.3 is 0 Å². The molecule has 1 unspecified atom stereocenters. The van der Waals surface area contributed by atoms with E-state index < -0.39 is 0 Å². The smallest absolute Gasteiger partial charge is 0.282 e. The molecule has 1 aromatic heterocycles. The minimum Gasteiger partial charge on any atom is -0.383 e. The van der Waals surface area contributed by atoms with Crippen molar-refractivity contribution in [2.24, 2.45) is 7.05 Å². The van der Waals surface area contributed by atoms with Crippen molar-refractivity contribution in [3.8, 4) is 0 Å². The van der Waals surface area contributed by atoms with Crippen molar-refractivity contribution in [3.63, 3.8) is 0 Å². The maximum absolute atomic E-state index is 11.7. The van der Waals surface area contributed by atoms with Crippen LogP contribution in [0.5, 0.6) is 0 Å². The summed E-state index contributed by atoms with van der Waals surface area (Å²) in [6.45, 7) is 2.77. The Morgan fingerprint density at radius 1 is 1.61 bits per heavy atom. The zero-order valence-electron chi connectivity index (χ0n) is 11.1. The predicted octanol–water partition coefficient (Wildman–Crippen LogP) is 2.16. The van der Waals surface area contributed by atoms with E-state index in [0.717, 1.165) is 24.9 Å². The van der Waals surface area contributed by atoms with Crippen molar-refractivity contribution in [3.05, 3.63) is 21.0 Å². The van der Waals surface area contributed by atoms with E-state index in [2.05, 4.69) is 33.3 Å². The zero-order chi connectivity index (χ0) is 13.5. The third-order valence-electron chi connectivity index (χ3n) is 2.71. The Balaban J connectivity index is 2.80. The molecule has 0 amide bonds. The molecule has 0 saturated carbocycles. The molecule has 5 nitrogen and oxygen atoms in total. The van der Waals surface area contributed by atoms with Crippen LogP contribution >= 0.6 is 15.9 Å². The molecule has 1 rings (SSSR count). The molecular formula is C12H20BrN3O2. The van der Waals surface area contributed by atoms with Crippen molar-refractivity contribution in [1.29, 1.82) is 0 Å². The SMILES string of the molecule is CCCCC(COC)Nc1cnn(C)c(=O)c1Br. The van der Waals surface area contributed by atoms with Gasteiger partial charge in [-0.15, -0.1) is 0 Å². The van der Waals surface area contributed by atoms with Gasteiger partial charge in [0.15, 0.2) is 0 Å². The van der Waals surface area contributed by atoms with Crippen LogP contribution in [-0.2, 0) is 11.8 Å². The molecular weight excluding hydrogens is 298 g/mol. The molecule has 0 bridgehead atoms. The highest BCUT2D eigenvalue weighted by Crippen LogP contribution is 2.18. The standard InChI is InChI=1S/C12H20BrN3O2/c1-4-5-6-9(8-18-3)15-10-7-14-16(2)12(17)11(10)13/h7,9,15H,4-6,8H2,1-3H3. The number of anilines is 1. The number of halogens is 1. The normalized spacial score (nSPS) is 12.4. The molecule has 0 fully saturated rings. The fraction of sp³-hybridized carbons (Fsp3) is 0.667. The van der Waals surface area contributed by atoms with Gasteiger partial charge < -0.3 is 10.1 Å². The first kappa shape index (κ1) is 15.2. The van der Waals surface area contributed by atoms with E-state index in [9.17, 15) is 4.79 Å². The maximum Gasteiger partial charge on any atom is 0.282 e. The van der Waals surface area contributed by atoms with E-state index in [-0.39, 0.29) is 11.6 Å². The molecule has 0 aliphatic heterocycles. The molecule has 0 saturated heterocycles. The van der Waals surface area contributed by atoms with E-state index in [1.807, 2.05) is 0 Å². The van der Waals surface area contributed by atoms with Gasteiger partial charge in [0.05, 0.1) is 18.5 Å². The fourth-order valence-corrected chi connectivity index (χ4v) is 2.15. The summed E-state index contributed by atoms with van der Waals surface area (Å²) >= 11 is 3.30. The Morgan fingerprint density at radius 2 is 2.33 bits per heavy atom. The van der Waals surface area contributed by atoms with Gasteiger partial charge in [0.25, 0.3) is 5.56 Å². The third-order valence-corrected chi connectivity index (χ3v) is 3.48. The molecule has 6 heteroatoms. The summed E-state index contributed by atoms with van der Waals surface area (Å²) in [7, 11) is 3.30. The monoisotopic (exact) mass is 317 g/mol. The molecule has 102 valence electrons. The molecule has 0 aliphatic rings. The molecule has 1 heterocycles. The van der Waals surface area contributed by atoms with Crippen LogP contribution in [0.2, 0.25) is 0 Å². The van der Waals surface area contributed by atoms with Gasteiger partial charge in [0.2, 0.25) is 0 Å². The van der Waals surface area contributed by atoms with E-state index in [4.69, 9.17) is 4.74 Å². The van der Waals surface area contributed by atoms with Gasteiger partial charge in [-0.1, -0.05) is 19.8 Å². The summed E-state index contributed by atoms with van der Waals surface area (Å²) in [5.41, 5.74) is 0.572. The summed E-state index contributed by atoms with van der Waals surface area (Å²) in [4.78, 5) is 11.7. The van der Waals surface area contributed by atoms with Crippen LogP contribution < -0.4 is 10.9 Å². The molecule has 1 N–H and O–H groups in total. The first-order valence-electron chi connectivity index (χ1n) is 6.07. The first-order chi connectivity index (χ1) is 8.60. The summed E-state index contributed by atoms with van der Waals surface area (Å²) in [6.07, 6.45) is 4.92. The van der Waals surface area contributed by atoms with Crippen LogP contribution in [0.25, 0.3) is 0 Å². The second kappa shape index (κ2) is 7.53. The Labute approximate surface area is 116 Å². The average molecular weight is 318 g/mol.